The average Bonchev–Trinajstić information content (AvgIpc) is 2.62. The van der Waals surface area contributed by atoms with Crippen molar-refractivity contribution in [1.29, 1.82) is 0 Å². The van der Waals surface area contributed by atoms with E-state index >= 15 is 0 Å². The second-order valence-electron chi connectivity index (χ2n) is 6.15. The molecule has 0 radical (unpaired) electrons. The Morgan fingerprint density at radius 1 is 1.42 bits per heavy atom. The largest absolute Gasteiger partial charge is 0.444 e. The molecule has 1 atom stereocenters. The highest BCUT2D eigenvalue weighted by Crippen LogP contribution is 2.35. The molecule has 1 spiro atoms. The summed E-state index contributed by atoms with van der Waals surface area (Å²) in [6.45, 7) is 6.61. The minimum Gasteiger partial charge on any atom is -0.444 e. The van der Waals surface area contributed by atoms with Crippen molar-refractivity contribution in [2.75, 3.05) is 13.1 Å². The Labute approximate surface area is 114 Å². The molecule has 19 heavy (non-hydrogen) atoms. The van der Waals surface area contributed by atoms with Crippen LogP contribution in [0.15, 0.2) is 12.2 Å². The van der Waals surface area contributed by atoms with Crippen LogP contribution in [0, 0.1) is 0 Å². The van der Waals surface area contributed by atoms with Crippen molar-refractivity contribution in [3.05, 3.63) is 12.2 Å². The van der Waals surface area contributed by atoms with E-state index < -0.39 is 17.2 Å². The average molecular weight is 266 g/mol. The maximum Gasteiger partial charge on any atom is 0.411 e. The fraction of sp³-hybridized carbons (Fsp3) is 0.714. The molecule has 0 aliphatic carbocycles. The number of nitrogens with one attached hydrogen (secondary N) is 1. The van der Waals surface area contributed by atoms with E-state index in [0.717, 1.165) is 6.42 Å². The molecular formula is C14H22N2O3. The molecule has 1 fully saturated rings. The summed E-state index contributed by atoms with van der Waals surface area (Å²) in [5.74, 6) is -0.0686. The van der Waals surface area contributed by atoms with Crippen LogP contribution in [0.5, 0.6) is 0 Å². The first-order valence-corrected chi connectivity index (χ1v) is 6.79. The predicted molar refractivity (Wildman–Crippen MR) is 71.7 cm³/mol. The van der Waals surface area contributed by atoms with Crippen molar-refractivity contribution in [1.82, 2.24) is 10.2 Å². The highest BCUT2D eigenvalue weighted by Gasteiger charge is 2.50. The van der Waals surface area contributed by atoms with Crippen LogP contribution in [0.25, 0.3) is 0 Å². The monoisotopic (exact) mass is 266 g/mol. The van der Waals surface area contributed by atoms with Gasteiger partial charge in [-0.25, -0.2) is 4.79 Å². The number of amides is 2. The van der Waals surface area contributed by atoms with E-state index in [0.29, 0.717) is 25.9 Å². The van der Waals surface area contributed by atoms with Gasteiger partial charge in [0.15, 0.2) is 0 Å². The summed E-state index contributed by atoms with van der Waals surface area (Å²) in [6, 6.07) is 0. The standard InChI is InChI=1S/C14H22N2O3/c1-13(2,3)19-12(18)16-10-6-8-14(16)7-4-5-9-15-11(14)17/h4-5H,6-10H2,1-3H3,(H,15,17). The molecule has 0 aromatic heterocycles. The van der Waals surface area contributed by atoms with Crippen molar-refractivity contribution in [3.63, 3.8) is 0 Å². The van der Waals surface area contributed by atoms with Crippen LogP contribution in [-0.2, 0) is 9.53 Å². The molecule has 1 N–H and O–H groups in total. The van der Waals surface area contributed by atoms with E-state index in [1.54, 1.807) is 4.90 Å². The van der Waals surface area contributed by atoms with Gasteiger partial charge >= 0.3 is 6.09 Å². The first kappa shape index (κ1) is 13.9. The Kier molecular flexibility index (Phi) is 3.56. The maximum atomic E-state index is 12.3. The number of carbonyl (C=O) groups is 2. The van der Waals surface area contributed by atoms with Gasteiger partial charge in [-0.05, 0) is 40.0 Å². The van der Waals surface area contributed by atoms with Crippen molar-refractivity contribution in [2.45, 2.75) is 51.2 Å². The zero-order chi connectivity index (χ0) is 14.1. The fourth-order valence-electron chi connectivity index (χ4n) is 2.68. The van der Waals surface area contributed by atoms with Crippen LogP contribution in [0.3, 0.4) is 0 Å². The van der Waals surface area contributed by atoms with Gasteiger partial charge in [-0.15, -0.1) is 0 Å². The Hall–Kier alpha value is -1.52. The van der Waals surface area contributed by atoms with Gasteiger partial charge < -0.3 is 10.1 Å². The molecule has 106 valence electrons. The van der Waals surface area contributed by atoms with Gasteiger partial charge in [-0.1, -0.05) is 12.2 Å². The first-order valence-electron chi connectivity index (χ1n) is 6.79. The molecule has 1 saturated heterocycles. The Bertz CT molecular complexity index is 411. The van der Waals surface area contributed by atoms with Crippen LogP contribution in [0.2, 0.25) is 0 Å². The number of hydrogen-bond acceptors (Lipinski definition) is 3. The third-order valence-corrected chi connectivity index (χ3v) is 3.53. The van der Waals surface area contributed by atoms with Crippen molar-refractivity contribution in [3.8, 4) is 0 Å². The molecule has 5 nitrogen and oxygen atoms in total. The quantitative estimate of drug-likeness (QED) is 0.680. The molecule has 0 aromatic carbocycles. The third kappa shape index (κ3) is 2.74. The van der Waals surface area contributed by atoms with Crippen LogP contribution in [0.1, 0.15) is 40.0 Å². The van der Waals surface area contributed by atoms with E-state index in [4.69, 9.17) is 4.74 Å². The summed E-state index contributed by atoms with van der Waals surface area (Å²) in [5, 5.41) is 2.85. The van der Waals surface area contributed by atoms with Crippen molar-refractivity contribution < 1.29 is 14.3 Å². The van der Waals surface area contributed by atoms with Gasteiger partial charge in [-0.2, -0.15) is 0 Å². The van der Waals surface area contributed by atoms with E-state index in [-0.39, 0.29) is 5.91 Å². The van der Waals surface area contributed by atoms with Gasteiger partial charge in [0.05, 0.1) is 0 Å². The molecule has 0 aromatic rings. The first-order chi connectivity index (χ1) is 8.85. The number of ether oxygens (including phenoxy) is 1. The summed E-state index contributed by atoms with van der Waals surface area (Å²) in [6.07, 6.45) is 5.61. The van der Waals surface area contributed by atoms with E-state index in [2.05, 4.69) is 5.32 Å². The number of hydrogen-bond donors (Lipinski definition) is 1. The molecular weight excluding hydrogens is 244 g/mol. The molecule has 2 heterocycles. The van der Waals surface area contributed by atoms with Gasteiger partial charge in [0.2, 0.25) is 5.91 Å². The lowest BCUT2D eigenvalue weighted by atomic mass is 9.91. The van der Waals surface area contributed by atoms with E-state index in [1.807, 2.05) is 32.9 Å². The van der Waals surface area contributed by atoms with Gasteiger partial charge in [0.25, 0.3) is 0 Å². The second kappa shape index (κ2) is 4.87. The maximum absolute atomic E-state index is 12.3. The molecule has 2 rings (SSSR count). The molecule has 5 heteroatoms. The zero-order valence-electron chi connectivity index (χ0n) is 11.9. The molecule has 0 bridgehead atoms. The zero-order valence-corrected chi connectivity index (χ0v) is 11.9. The van der Waals surface area contributed by atoms with Gasteiger partial charge in [-0.3, -0.25) is 9.69 Å². The normalized spacial score (nSPS) is 27.3. The van der Waals surface area contributed by atoms with Crippen molar-refractivity contribution in [2.24, 2.45) is 0 Å². The number of likely N-dealkylation sites (tertiary alicyclic amines) is 1. The molecule has 2 aliphatic rings. The van der Waals surface area contributed by atoms with Crippen molar-refractivity contribution >= 4 is 12.0 Å². The lowest BCUT2D eigenvalue weighted by molar-refractivity contribution is -0.131. The number of nitrogens with zero attached hydrogens (tertiary/aromatic N) is 1. The van der Waals surface area contributed by atoms with Gasteiger partial charge in [0, 0.05) is 13.1 Å². The van der Waals surface area contributed by atoms with E-state index in [9.17, 15) is 9.59 Å². The molecule has 0 saturated carbocycles. The summed E-state index contributed by atoms with van der Waals surface area (Å²) in [4.78, 5) is 26.2. The van der Waals surface area contributed by atoms with Crippen LogP contribution < -0.4 is 5.32 Å². The Morgan fingerprint density at radius 2 is 2.16 bits per heavy atom. The van der Waals surface area contributed by atoms with Crippen LogP contribution in [0.4, 0.5) is 4.79 Å². The van der Waals surface area contributed by atoms with E-state index in [1.165, 1.54) is 0 Å². The summed E-state index contributed by atoms with van der Waals surface area (Å²) in [5.41, 5.74) is -1.30. The highest BCUT2D eigenvalue weighted by molar-refractivity contribution is 5.91. The highest BCUT2D eigenvalue weighted by atomic mass is 16.6. The lowest BCUT2D eigenvalue weighted by Crippen LogP contribution is -2.57. The third-order valence-electron chi connectivity index (χ3n) is 3.53. The molecule has 2 amide bonds. The van der Waals surface area contributed by atoms with Crippen LogP contribution >= 0.6 is 0 Å². The second-order valence-corrected chi connectivity index (χ2v) is 6.15. The summed E-state index contributed by atoms with van der Waals surface area (Å²) < 4.78 is 5.42. The SMILES string of the molecule is CC(C)(C)OC(=O)N1CCCC12CC=CCNC2=O. The smallest absolute Gasteiger partial charge is 0.411 e. The minimum atomic E-state index is -0.755. The summed E-state index contributed by atoms with van der Waals surface area (Å²) >= 11 is 0. The van der Waals surface area contributed by atoms with Crippen LogP contribution in [-0.4, -0.2) is 41.1 Å². The number of carbonyl (C=O) groups excluding carboxylic acids is 2. The number of rotatable bonds is 0. The fourth-order valence-corrected chi connectivity index (χ4v) is 2.68. The topological polar surface area (TPSA) is 58.6 Å². The lowest BCUT2D eigenvalue weighted by Gasteiger charge is -2.36. The molecule has 1 unspecified atom stereocenters. The molecule has 2 aliphatic heterocycles. The Balaban J connectivity index is 2.22. The predicted octanol–water partition coefficient (Wildman–Crippen LogP) is 1.83. The minimum absolute atomic E-state index is 0.0686. The van der Waals surface area contributed by atoms with Gasteiger partial charge in [0.1, 0.15) is 11.1 Å². The Morgan fingerprint density at radius 3 is 2.84 bits per heavy atom. The summed E-state index contributed by atoms with van der Waals surface area (Å²) in [7, 11) is 0.